The Bertz CT molecular complexity index is 240. The second-order valence-corrected chi connectivity index (χ2v) is 7.48. The molecular formula is C16H31BrO2. The van der Waals surface area contributed by atoms with Crippen LogP contribution in [0.3, 0.4) is 0 Å². The molecule has 0 unspecified atom stereocenters. The van der Waals surface area contributed by atoms with Gasteiger partial charge in [-0.25, -0.2) is 0 Å². The summed E-state index contributed by atoms with van der Waals surface area (Å²) in [4.78, 5) is 0. The van der Waals surface area contributed by atoms with Crippen LogP contribution in [0.25, 0.3) is 0 Å². The smallest absolute Gasteiger partial charge is 0.0780 e. The molecule has 114 valence electrons. The van der Waals surface area contributed by atoms with Gasteiger partial charge in [-0.2, -0.15) is 0 Å². The number of halogens is 1. The summed E-state index contributed by atoms with van der Waals surface area (Å²) < 4.78 is 11.7. The van der Waals surface area contributed by atoms with E-state index < -0.39 is 0 Å². The standard InChI is InChI=1S/C16H31BrO2/c1-5-10-18-11-12-19-16(13-17)8-6-14(7-9-16)15(2,3)4/h14H,5-13H2,1-4H3. The molecule has 1 saturated carbocycles. The number of rotatable bonds is 7. The largest absolute Gasteiger partial charge is 0.379 e. The number of ether oxygens (including phenoxy) is 2. The molecule has 1 aliphatic carbocycles. The Morgan fingerprint density at radius 3 is 2.21 bits per heavy atom. The van der Waals surface area contributed by atoms with Crippen molar-refractivity contribution in [3.05, 3.63) is 0 Å². The van der Waals surface area contributed by atoms with Crippen molar-refractivity contribution in [2.24, 2.45) is 11.3 Å². The van der Waals surface area contributed by atoms with E-state index in [0.717, 1.165) is 37.5 Å². The quantitative estimate of drug-likeness (QED) is 0.491. The molecule has 3 heteroatoms. The summed E-state index contributed by atoms with van der Waals surface area (Å²) in [5.41, 5.74) is 0.486. The first-order valence-electron chi connectivity index (χ1n) is 7.71. The van der Waals surface area contributed by atoms with Crippen LogP contribution in [0.4, 0.5) is 0 Å². The van der Waals surface area contributed by atoms with Crippen molar-refractivity contribution in [3.63, 3.8) is 0 Å². The summed E-state index contributed by atoms with van der Waals surface area (Å²) in [6.45, 7) is 11.5. The van der Waals surface area contributed by atoms with Crippen molar-refractivity contribution in [3.8, 4) is 0 Å². The van der Waals surface area contributed by atoms with Gasteiger partial charge in [0.15, 0.2) is 0 Å². The molecule has 2 nitrogen and oxygen atoms in total. The molecule has 0 radical (unpaired) electrons. The molecule has 0 spiro atoms. The lowest BCUT2D eigenvalue weighted by Gasteiger charge is -2.43. The van der Waals surface area contributed by atoms with Crippen LogP contribution in [-0.4, -0.2) is 30.8 Å². The molecule has 1 aliphatic rings. The van der Waals surface area contributed by atoms with Gasteiger partial charge in [-0.15, -0.1) is 0 Å². The van der Waals surface area contributed by atoms with E-state index in [9.17, 15) is 0 Å². The Balaban J connectivity index is 2.34. The van der Waals surface area contributed by atoms with Gasteiger partial charge in [-0.05, 0) is 43.4 Å². The lowest BCUT2D eigenvalue weighted by atomic mass is 9.69. The molecule has 0 aliphatic heterocycles. The Kier molecular flexibility index (Phi) is 7.34. The number of hydrogen-bond acceptors (Lipinski definition) is 2. The van der Waals surface area contributed by atoms with Gasteiger partial charge >= 0.3 is 0 Å². The highest BCUT2D eigenvalue weighted by atomic mass is 79.9. The zero-order valence-electron chi connectivity index (χ0n) is 13.1. The molecule has 0 aromatic carbocycles. The van der Waals surface area contributed by atoms with E-state index in [2.05, 4.69) is 43.6 Å². The predicted molar refractivity (Wildman–Crippen MR) is 85.0 cm³/mol. The van der Waals surface area contributed by atoms with Crippen molar-refractivity contribution in [2.75, 3.05) is 25.2 Å². The van der Waals surface area contributed by atoms with E-state index in [0.29, 0.717) is 5.41 Å². The average molecular weight is 335 g/mol. The van der Waals surface area contributed by atoms with Gasteiger partial charge < -0.3 is 9.47 Å². The Morgan fingerprint density at radius 1 is 1.11 bits per heavy atom. The lowest BCUT2D eigenvalue weighted by molar-refractivity contribution is -0.0855. The predicted octanol–water partition coefficient (Wildman–Crippen LogP) is 4.80. The third kappa shape index (κ3) is 5.73. The van der Waals surface area contributed by atoms with Gasteiger partial charge in [0.2, 0.25) is 0 Å². The molecule has 0 bridgehead atoms. The van der Waals surface area contributed by atoms with E-state index in [1.165, 1.54) is 25.7 Å². The fraction of sp³-hybridized carbons (Fsp3) is 1.00. The zero-order chi connectivity index (χ0) is 14.4. The second-order valence-electron chi connectivity index (χ2n) is 6.92. The van der Waals surface area contributed by atoms with Crippen LogP contribution >= 0.6 is 15.9 Å². The Hall–Kier alpha value is 0.400. The highest BCUT2D eigenvalue weighted by Crippen LogP contribution is 2.43. The van der Waals surface area contributed by atoms with Crippen LogP contribution in [-0.2, 0) is 9.47 Å². The maximum Gasteiger partial charge on any atom is 0.0780 e. The summed E-state index contributed by atoms with van der Waals surface area (Å²) in [7, 11) is 0. The molecule has 0 aromatic heterocycles. The van der Waals surface area contributed by atoms with Gasteiger partial charge in [0.1, 0.15) is 0 Å². The minimum Gasteiger partial charge on any atom is -0.379 e. The average Bonchev–Trinajstić information content (AvgIpc) is 2.38. The molecule has 1 rings (SSSR count). The zero-order valence-corrected chi connectivity index (χ0v) is 14.7. The van der Waals surface area contributed by atoms with E-state index in [1.54, 1.807) is 0 Å². The summed E-state index contributed by atoms with van der Waals surface area (Å²) in [5, 5.41) is 0.949. The maximum absolute atomic E-state index is 6.16. The van der Waals surface area contributed by atoms with E-state index >= 15 is 0 Å². The van der Waals surface area contributed by atoms with Crippen molar-refractivity contribution in [1.82, 2.24) is 0 Å². The van der Waals surface area contributed by atoms with Crippen LogP contribution in [0.1, 0.15) is 59.8 Å². The first-order valence-corrected chi connectivity index (χ1v) is 8.83. The van der Waals surface area contributed by atoms with Crippen molar-refractivity contribution in [2.45, 2.75) is 65.4 Å². The summed E-state index contributed by atoms with van der Waals surface area (Å²) in [6, 6.07) is 0. The molecule has 0 amide bonds. The van der Waals surface area contributed by atoms with Crippen LogP contribution in [0, 0.1) is 11.3 Å². The number of alkyl halides is 1. The van der Waals surface area contributed by atoms with Gasteiger partial charge in [-0.1, -0.05) is 43.6 Å². The van der Waals surface area contributed by atoms with Crippen LogP contribution in [0.2, 0.25) is 0 Å². The Morgan fingerprint density at radius 2 is 1.74 bits per heavy atom. The van der Waals surface area contributed by atoms with Crippen molar-refractivity contribution < 1.29 is 9.47 Å². The summed E-state index contributed by atoms with van der Waals surface area (Å²) in [5.74, 6) is 0.833. The van der Waals surface area contributed by atoms with E-state index in [4.69, 9.17) is 9.47 Å². The third-order valence-electron chi connectivity index (χ3n) is 4.35. The Labute approximate surface area is 127 Å². The molecule has 0 heterocycles. The SMILES string of the molecule is CCCOCCOC1(CBr)CCC(C(C)(C)C)CC1. The van der Waals surface area contributed by atoms with E-state index in [1.807, 2.05) is 0 Å². The highest BCUT2D eigenvalue weighted by Gasteiger charge is 2.38. The van der Waals surface area contributed by atoms with E-state index in [-0.39, 0.29) is 5.60 Å². The monoisotopic (exact) mass is 334 g/mol. The van der Waals surface area contributed by atoms with Gasteiger partial charge in [0.25, 0.3) is 0 Å². The fourth-order valence-electron chi connectivity index (χ4n) is 2.89. The molecule has 1 fully saturated rings. The molecule has 0 N–H and O–H groups in total. The maximum atomic E-state index is 6.16. The third-order valence-corrected chi connectivity index (χ3v) is 5.37. The first kappa shape index (κ1) is 17.5. The fourth-order valence-corrected chi connectivity index (χ4v) is 3.61. The van der Waals surface area contributed by atoms with Gasteiger partial charge in [0, 0.05) is 11.9 Å². The molecular weight excluding hydrogens is 304 g/mol. The molecule has 19 heavy (non-hydrogen) atoms. The van der Waals surface area contributed by atoms with Crippen molar-refractivity contribution in [1.29, 1.82) is 0 Å². The topological polar surface area (TPSA) is 18.5 Å². The second kappa shape index (κ2) is 7.99. The minimum atomic E-state index is 0.0529. The molecule has 0 atom stereocenters. The van der Waals surface area contributed by atoms with Crippen LogP contribution in [0.15, 0.2) is 0 Å². The normalized spacial score (nSPS) is 28.6. The van der Waals surface area contributed by atoms with Crippen LogP contribution in [0.5, 0.6) is 0 Å². The molecule has 0 saturated heterocycles. The minimum absolute atomic E-state index is 0.0529. The summed E-state index contributed by atoms with van der Waals surface area (Å²) >= 11 is 3.66. The summed E-state index contributed by atoms with van der Waals surface area (Å²) in [6.07, 6.45) is 5.99. The molecule has 0 aromatic rings. The lowest BCUT2D eigenvalue weighted by Crippen LogP contribution is -2.42. The van der Waals surface area contributed by atoms with Gasteiger partial charge in [0.05, 0.1) is 18.8 Å². The van der Waals surface area contributed by atoms with Crippen LogP contribution < -0.4 is 0 Å². The number of hydrogen-bond donors (Lipinski definition) is 0. The highest BCUT2D eigenvalue weighted by molar-refractivity contribution is 9.09. The van der Waals surface area contributed by atoms with Gasteiger partial charge in [-0.3, -0.25) is 0 Å². The first-order chi connectivity index (χ1) is 8.93. The van der Waals surface area contributed by atoms with Crippen molar-refractivity contribution >= 4 is 15.9 Å².